The highest BCUT2D eigenvalue weighted by molar-refractivity contribution is 5.86. The molecule has 0 spiro atoms. The van der Waals surface area contributed by atoms with Crippen molar-refractivity contribution in [1.29, 1.82) is 10.5 Å². The molecular formula is C29H38N6O. The minimum Gasteiger partial charge on any atom is -0.341 e. The Labute approximate surface area is 215 Å². The largest absolute Gasteiger partial charge is 0.341 e. The van der Waals surface area contributed by atoms with Crippen LogP contribution in [0.5, 0.6) is 0 Å². The topological polar surface area (TPSA) is 109 Å². The number of nitrogens with two attached hydrogens (primary N) is 1. The highest BCUT2D eigenvalue weighted by Gasteiger charge is 2.34. The number of piperazine rings is 1. The lowest BCUT2D eigenvalue weighted by Crippen LogP contribution is -2.55. The van der Waals surface area contributed by atoms with E-state index in [9.17, 15) is 4.79 Å². The summed E-state index contributed by atoms with van der Waals surface area (Å²) < 4.78 is 0. The van der Waals surface area contributed by atoms with Gasteiger partial charge in [0, 0.05) is 32.7 Å². The minimum atomic E-state index is -0.713. The van der Waals surface area contributed by atoms with Gasteiger partial charge in [-0.05, 0) is 36.5 Å². The monoisotopic (exact) mass is 486 g/mol. The average Bonchev–Trinajstić information content (AvgIpc) is 2.90. The van der Waals surface area contributed by atoms with Crippen molar-refractivity contribution in [3.63, 3.8) is 0 Å². The molecule has 190 valence electrons. The average molecular weight is 487 g/mol. The highest BCUT2D eigenvalue weighted by Crippen LogP contribution is 2.25. The lowest BCUT2D eigenvalue weighted by molar-refractivity contribution is -0.127. The van der Waals surface area contributed by atoms with Crippen LogP contribution >= 0.6 is 0 Å². The van der Waals surface area contributed by atoms with E-state index < -0.39 is 5.54 Å². The fourth-order valence-electron chi connectivity index (χ4n) is 4.72. The number of hydrogen-bond acceptors (Lipinski definition) is 6. The van der Waals surface area contributed by atoms with E-state index in [1.807, 2.05) is 6.07 Å². The van der Waals surface area contributed by atoms with Crippen LogP contribution in [0.4, 0.5) is 0 Å². The van der Waals surface area contributed by atoms with Gasteiger partial charge in [-0.25, -0.2) is 0 Å². The normalized spacial score (nSPS) is 17.7. The smallest absolute Gasteiger partial charge is 0.240 e. The van der Waals surface area contributed by atoms with E-state index in [2.05, 4.69) is 76.6 Å². The van der Waals surface area contributed by atoms with Crippen LogP contribution in [0.15, 0.2) is 48.5 Å². The SMILES string of the molecule is Cc1ccc(-c2ccc(CN3CCN(CC#N)CC3)cc2)cc1.N#CCNC(=O)C1(N)CCCCC1. The summed E-state index contributed by atoms with van der Waals surface area (Å²) in [4.78, 5) is 16.2. The van der Waals surface area contributed by atoms with Gasteiger partial charge in [0.15, 0.2) is 0 Å². The van der Waals surface area contributed by atoms with Crippen LogP contribution in [-0.2, 0) is 11.3 Å². The second-order valence-electron chi connectivity index (χ2n) is 9.83. The number of carbonyl (C=O) groups excluding carboxylic acids is 1. The third-order valence-corrected chi connectivity index (χ3v) is 7.03. The number of benzene rings is 2. The number of hydrogen-bond donors (Lipinski definition) is 2. The van der Waals surface area contributed by atoms with Gasteiger partial charge in [0.05, 0.1) is 24.2 Å². The number of nitrogens with zero attached hydrogens (tertiary/aromatic N) is 4. The van der Waals surface area contributed by atoms with Crippen molar-refractivity contribution < 1.29 is 4.79 Å². The van der Waals surface area contributed by atoms with Crippen LogP contribution in [0.25, 0.3) is 11.1 Å². The zero-order valence-electron chi connectivity index (χ0n) is 21.4. The molecule has 2 aliphatic rings. The van der Waals surface area contributed by atoms with E-state index in [-0.39, 0.29) is 12.5 Å². The first-order valence-corrected chi connectivity index (χ1v) is 12.9. The quantitative estimate of drug-likeness (QED) is 0.604. The molecule has 2 aromatic carbocycles. The molecule has 2 aromatic rings. The zero-order valence-corrected chi connectivity index (χ0v) is 21.4. The van der Waals surface area contributed by atoms with Gasteiger partial charge >= 0.3 is 0 Å². The second-order valence-corrected chi connectivity index (χ2v) is 9.83. The van der Waals surface area contributed by atoms with Crippen LogP contribution in [-0.4, -0.2) is 60.5 Å². The molecule has 0 unspecified atom stereocenters. The van der Waals surface area contributed by atoms with E-state index in [4.69, 9.17) is 16.3 Å². The molecule has 1 aliphatic heterocycles. The first-order chi connectivity index (χ1) is 17.4. The summed E-state index contributed by atoms with van der Waals surface area (Å²) in [5, 5.41) is 19.6. The van der Waals surface area contributed by atoms with Crippen molar-refractivity contribution in [2.45, 2.75) is 51.1 Å². The molecule has 1 saturated carbocycles. The summed E-state index contributed by atoms with van der Waals surface area (Å²) in [6, 6.07) is 21.7. The number of aryl methyl sites for hydroxylation is 1. The first kappa shape index (κ1) is 27.4. The Morgan fingerprint density at radius 3 is 2.00 bits per heavy atom. The van der Waals surface area contributed by atoms with Crippen molar-refractivity contribution in [1.82, 2.24) is 15.1 Å². The maximum atomic E-state index is 11.5. The predicted octanol–water partition coefficient (Wildman–Crippen LogP) is 3.59. The molecule has 0 bridgehead atoms. The standard InChI is InChI=1S/C20H23N3.C9H15N3O/c1-17-2-6-19(7-3-17)20-8-4-18(5-9-20)16-23-14-12-22(11-10-21)13-15-23;10-6-7-12-8(13)9(11)4-2-1-3-5-9/h2-9H,11-16H2,1H3;1-5,7,11H2,(H,12,13). The minimum absolute atomic E-state index is 0.0534. The Bertz CT molecular complexity index is 1040. The van der Waals surface area contributed by atoms with Gasteiger partial charge < -0.3 is 11.1 Å². The van der Waals surface area contributed by atoms with Gasteiger partial charge in [-0.1, -0.05) is 73.4 Å². The van der Waals surface area contributed by atoms with Gasteiger partial charge in [-0.3, -0.25) is 14.6 Å². The van der Waals surface area contributed by atoms with Crippen molar-refractivity contribution in [2.75, 3.05) is 39.3 Å². The summed E-state index contributed by atoms with van der Waals surface area (Å²) in [6.45, 7) is 7.79. The molecular weight excluding hydrogens is 448 g/mol. The van der Waals surface area contributed by atoms with Gasteiger partial charge in [-0.15, -0.1) is 0 Å². The second kappa shape index (κ2) is 13.8. The molecule has 0 atom stereocenters. The molecule has 2 fully saturated rings. The molecule has 4 rings (SSSR count). The lowest BCUT2D eigenvalue weighted by Gasteiger charge is -2.33. The van der Waals surface area contributed by atoms with Crippen LogP contribution in [0, 0.1) is 29.6 Å². The van der Waals surface area contributed by atoms with E-state index in [1.54, 1.807) is 0 Å². The summed E-state index contributed by atoms with van der Waals surface area (Å²) in [5.74, 6) is -0.172. The summed E-state index contributed by atoms with van der Waals surface area (Å²) >= 11 is 0. The molecule has 1 aliphatic carbocycles. The Morgan fingerprint density at radius 1 is 0.889 bits per heavy atom. The van der Waals surface area contributed by atoms with Crippen LogP contribution in [0.1, 0.15) is 43.2 Å². The van der Waals surface area contributed by atoms with E-state index in [0.717, 1.165) is 64.8 Å². The molecule has 3 N–H and O–H groups in total. The van der Waals surface area contributed by atoms with Crippen molar-refractivity contribution >= 4 is 5.91 Å². The fourth-order valence-corrected chi connectivity index (χ4v) is 4.72. The molecule has 7 heteroatoms. The van der Waals surface area contributed by atoms with Crippen LogP contribution in [0.3, 0.4) is 0 Å². The lowest BCUT2D eigenvalue weighted by atomic mass is 9.82. The highest BCUT2D eigenvalue weighted by atomic mass is 16.2. The third-order valence-electron chi connectivity index (χ3n) is 7.03. The third kappa shape index (κ3) is 8.17. The predicted molar refractivity (Wildman–Crippen MR) is 143 cm³/mol. The molecule has 1 saturated heterocycles. The van der Waals surface area contributed by atoms with Crippen LogP contribution < -0.4 is 11.1 Å². The van der Waals surface area contributed by atoms with E-state index >= 15 is 0 Å². The number of nitrogens with one attached hydrogen (secondary N) is 1. The molecule has 0 aromatic heterocycles. The molecule has 0 radical (unpaired) electrons. The molecule has 7 nitrogen and oxygen atoms in total. The van der Waals surface area contributed by atoms with Crippen molar-refractivity contribution in [3.05, 3.63) is 59.7 Å². The summed E-state index contributed by atoms with van der Waals surface area (Å²) in [6.07, 6.45) is 4.66. The maximum absolute atomic E-state index is 11.5. The zero-order chi connectivity index (χ0) is 25.8. The van der Waals surface area contributed by atoms with Gasteiger partial charge in [0.1, 0.15) is 6.54 Å². The Kier molecular flexibility index (Phi) is 10.5. The van der Waals surface area contributed by atoms with Gasteiger partial charge in [0.2, 0.25) is 5.91 Å². The Balaban J connectivity index is 0.000000236. The summed E-state index contributed by atoms with van der Waals surface area (Å²) in [5.41, 5.74) is 10.4. The van der Waals surface area contributed by atoms with Crippen molar-refractivity contribution in [2.24, 2.45) is 5.73 Å². The Morgan fingerprint density at radius 2 is 1.44 bits per heavy atom. The van der Waals surface area contributed by atoms with Gasteiger partial charge in [0.25, 0.3) is 0 Å². The number of carbonyl (C=O) groups is 1. The number of nitriles is 2. The first-order valence-electron chi connectivity index (χ1n) is 12.9. The molecule has 1 amide bonds. The fraction of sp³-hybridized carbons (Fsp3) is 0.483. The van der Waals surface area contributed by atoms with Crippen LogP contribution in [0.2, 0.25) is 0 Å². The number of rotatable bonds is 6. The maximum Gasteiger partial charge on any atom is 0.240 e. The molecule has 36 heavy (non-hydrogen) atoms. The van der Waals surface area contributed by atoms with Crippen molar-refractivity contribution in [3.8, 4) is 23.3 Å². The number of amides is 1. The Hall–Kier alpha value is -3.23. The summed E-state index contributed by atoms with van der Waals surface area (Å²) in [7, 11) is 0. The van der Waals surface area contributed by atoms with E-state index in [1.165, 1.54) is 22.3 Å². The molecule has 1 heterocycles. The van der Waals surface area contributed by atoms with Gasteiger partial charge in [-0.2, -0.15) is 10.5 Å². The van der Waals surface area contributed by atoms with E-state index in [0.29, 0.717) is 6.54 Å².